The molecule has 2 aromatic carbocycles. The lowest BCUT2D eigenvalue weighted by molar-refractivity contribution is -0.108. The highest BCUT2D eigenvalue weighted by molar-refractivity contribution is 8.03. The summed E-state index contributed by atoms with van der Waals surface area (Å²) in [5.74, 6) is 0.908. The van der Waals surface area contributed by atoms with Gasteiger partial charge in [0.25, 0.3) is 0 Å². The Kier molecular flexibility index (Phi) is 7.17. The second-order valence-electron chi connectivity index (χ2n) is 8.18. The molecule has 0 bridgehead atoms. The van der Waals surface area contributed by atoms with Crippen LogP contribution in [0.25, 0.3) is 6.08 Å². The Bertz CT molecular complexity index is 981. The summed E-state index contributed by atoms with van der Waals surface area (Å²) < 4.78 is 0. The summed E-state index contributed by atoms with van der Waals surface area (Å²) in [6, 6.07) is 14.3. The van der Waals surface area contributed by atoms with Crippen LogP contribution in [0.1, 0.15) is 12.0 Å². The molecule has 164 valence electrons. The fourth-order valence-electron chi connectivity index (χ4n) is 4.29. The smallest absolute Gasteiger partial charge is 0.147 e. The molecule has 0 amide bonds. The van der Waals surface area contributed by atoms with Gasteiger partial charge < -0.3 is 19.5 Å². The molecule has 2 aliphatic heterocycles. The normalized spacial score (nSPS) is 23.1. The van der Waals surface area contributed by atoms with Crippen molar-refractivity contribution in [2.45, 2.75) is 18.5 Å². The number of likely N-dealkylation sites (N-methyl/N-ethyl adjacent to an activating group) is 1. The largest absolute Gasteiger partial charge is 0.369 e. The number of benzene rings is 2. The van der Waals surface area contributed by atoms with E-state index >= 15 is 0 Å². The molecule has 2 saturated heterocycles. The number of rotatable bonds is 5. The molecule has 2 atom stereocenters. The first-order valence-corrected chi connectivity index (χ1v) is 12.2. The summed E-state index contributed by atoms with van der Waals surface area (Å²) in [4.78, 5) is 20.1. The lowest BCUT2D eigenvalue weighted by Gasteiger charge is -2.36. The van der Waals surface area contributed by atoms with Crippen molar-refractivity contribution in [3.8, 4) is 0 Å². The second-order valence-corrected chi connectivity index (χ2v) is 10.2. The number of nitrogens with zero attached hydrogens (tertiary/aromatic N) is 3. The number of para-hydroxylation sites is 1. The molecule has 2 unspecified atom stereocenters. The summed E-state index contributed by atoms with van der Waals surface area (Å²) in [6.45, 7) is 2.84. The van der Waals surface area contributed by atoms with Gasteiger partial charge in [0.2, 0.25) is 0 Å². The number of hydrogen-bond donors (Lipinski definition) is 0. The van der Waals surface area contributed by atoms with E-state index in [0.717, 1.165) is 54.3 Å². The van der Waals surface area contributed by atoms with Crippen LogP contribution in [-0.4, -0.2) is 62.8 Å². The van der Waals surface area contributed by atoms with Gasteiger partial charge in [-0.25, -0.2) is 0 Å². The number of carbonyl (C=O) groups excluding carboxylic acids is 1. The Morgan fingerprint density at radius 2 is 1.90 bits per heavy atom. The zero-order chi connectivity index (χ0) is 22.0. The van der Waals surface area contributed by atoms with Gasteiger partial charge in [0, 0.05) is 47.7 Å². The van der Waals surface area contributed by atoms with E-state index in [0.29, 0.717) is 16.1 Å². The highest BCUT2D eigenvalue weighted by Crippen LogP contribution is 2.37. The van der Waals surface area contributed by atoms with Crippen molar-refractivity contribution in [2.24, 2.45) is 0 Å². The van der Waals surface area contributed by atoms with E-state index in [1.54, 1.807) is 17.8 Å². The summed E-state index contributed by atoms with van der Waals surface area (Å²) in [5, 5.41) is 1.02. The molecule has 0 aliphatic carbocycles. The molecule has 31 heavy (non-hydrogen) atoms. The van der Waals surface area contributed by atoms with Gasteiger partial charge in [0.15, 0.2) is 0 Å². The third kappa shape index (κ3) is 4.90. The van der Waals surface area contributed by atoms with Crippen molar-refractivity contribution in [1.29, 1.82) is 0 Å². The molecule has 0 saturated carbocycles. The minimum absolute atomic E-state index is 0.336. The molecule has 0 radical (unpaired) electrons. The monoisotopic (exact) mass is 475 g/mol. The quantitative estimate of drug-likeness (QED) is 0.547. The van der Waals surface area contributed by atoms with Crippen molar-refractivity contribution < 1.29 is 4.79 Å². The highest BCUT2D eigenvalue weighted by Gasteiger charge is 2.29. The van der Waals surface area contributed by atoms with Crippen LogP contribution in [0.5, 0.6) is 0 Å². The lowest BCUT2D eigenvalue weighted by Crippen LogP contribution is -2.42. The van der Waals surface area contributed by atoms with Crippen LogP contribution in [0.15, 0.2) is 47.4 Å². The molecule has 2 aliphatic rings. The summed E-state index contributed by atoms with van der Waals surface area (Å²) in [7, 11) is 4.29. The maximum absolute atomic E-state index is 12.2. The van der Waals surface area contributed by atoms with Crippen LogP contribution in [0.3, 0.4) is 0 Å². The van der Waals surface area contributed by atoms with Gasteiger partial charge in [0.05, 0.1) is 10.0 Å². The molecule has 2 heterocycles. The minimum atomic E-state index is -0.336. The molecule has 0 aromatic heterocycles. The Hall–Kier alpha value is -1.66. The number of carbonyl (C=O) groups is 1. The second kappa shape index (κ2) is 9.86. The van der Waals surface area contributed by atoms with E-state index in [1.807, 2.05) is 12.1 Å². The first kappa shape index (κ1) is 22.5. The van der Waals surface area contributed by atoms with Crippen LogP contribution >= 0.6 is 35.0 Å². The van der Waals surface area contributed by atoms with Gasteiger partial charge in [-0.05, 0) is 56.4 Å². The third-order valence-electron chi connectivity index (χ3n) is 6.06. The predicted molar refractivity (Wildman–Crippen MR) is 135 cm³/mol. The van der Waals surface area contributed by atoms with Gasteiger partial charge in [-0.1, -0.05) is 41.4 Å². The summed E-state index contributed by atoms with van der Waals surface area (Å²) in [6.07, 6.45) is 4.38. The van der Waals surface area contributed by atoms with Crippen molar-refractivity contribution in [3.63, 3.8) is 0 Å². The average molecular weight is 476 g/mol. The molecule has 4 nitrogen and oxygen atoms in total. The van der Waals surface area contributed by atoms with Crippen molar-refractivity contribution in [1.82, 2.24) is 4.90 Å². The maximum Gasteiger partial charge on any atom is 0.147 e. The van der Waals surface area contributed by atoms with Crippen molar-refractivity contribution in [2.75, 3.05) is 49.3 Å². The Labute approximate surface area is 198 Å². The third-order valence-corrected chi connectivity index (χ3v) is 7.88. The first-order chi connectivity index (χ1) is 15.0. The van der Waals surface area contributed by atoms with E-state index in [1.165, 1.54) is 5.69 Å². The predicted octanol–water partition coefficient (Wildman–Crippen LogP) is 5.30. The molecule has 0 N–H and O–H groups in total. The molecule has 4 rings (SSSR count). The van der Waals surface area contributed by atoms with Crippen LogP contribution in [0, 0.1) is 0 Å². The number of anilines is 2. The van der Waals surface area contributed by atoms with Crippen molar-refractivity contribution >= 4 is 58.7 Å². The van der Waals surface area contributed by atoms with E-state index < -0.39 is 0 Å². The van der Waals surface area contributed by atoms with Crippen molar-refractivity contribution in [3.05, 3.63) is 63.0 Å². The van der Waals surface area contributed by atoms with Gasteiger partial charge >= 0.3 is 0 Å². The number of aldehydes is 1. The molecular formula is C24H27Cl2N3OS. The van der Waals surface area contributed by atoms with Crippen LogP contribution in [0.4, 0.5) is 11.4 Å². The fraction of sp³-hybridized carbons (Fsp3) is 0.375. The van der Waals surface area contributed by atoms with Gasteiger partial charge in [0.1, 0.15) is 12.3 Å². The molecule has 7 heteroatoms. The van der Waals surface area contributed by atoms with Gasteiger partial charge in [-0.3, -0.25) is 0 Å². The standard InChI is InChI=1S/C24H27Cl2N3OS/c1-27(2)19-9-10-28(15-19)22-6-4-3-5-17(22)13-24-23(16-30)29(11-12-31-24)18-7-8-20(25)21(26)14-18/h3-8,13-14,16,19,23H,9-12,15H2,1-2H3. The van der Waals surface area contributed by atoms with Gasteiger partial charge in [-0.15, -0.1) is 11.8 Å². The Morgan fingerprint density at radius 3 is 2.61 bits per heavy atom. The van der Waals surface area contributed by atoms with E-state index in [-0.39, 0.29) is 6.04 Å². The Morgan fingerprint density at radius 1 is 1.10 bits per heavy atom. The molecule has 2 aromatic rings. The summed E-state index contributed by atoms with van der Waals surface area (Å²) >= 11 is 14.1. The number of halogens is 2. The summed E-state index contributed by atoms with van der Waals surface area (Å²) in [5.41, 5.74) is 3.31. The van der Waals surface area contributed by atoms with E-state index in [4.69, 9.17) is 23.2 Å². The zero-order valence-corrected chi connectivity index (χ0v) is 20.1. The average Bonchev–Trinajstić information content (AvgIpc) is 3.26. The van der Waals surface area contributed by atoms with Crippen LogP contribution < -0.4 is 9.80 Å². The molecular weight excluding hydrogens is 449 g/mol. The number of hydrogen-bond acceptors (Lipinski definition) is 5. The van der Waals surface area contributed by atoms with Gasteiger partial charge in [-0.2, -0.15) is 0 Å². The lowest BCUT2D eigenvalue weighted by atomic mass is 10.1. The SMILES string of the molecule is CN(C)C1CCN(c2ccccc2C=C2SCCN(c3ccc(Cl)c(Cl)c3)C2C=O)C1. The zero-order valence-electron chi connectivity index (χ0n) is 17.8. The first-order valence-electron chi connectivity index (χ1n) is 10.5. The minimum Gasteiger partial charge on any atom is -0.369 e. The highest BCUT2D eigenvalue weighted by atomic mass is 35.5. The molecule has 2 fully saturated rings. The van der Waals surface area contributed by atoms with Crippen LogP contribution in [-0.2, 0) is 4.79 Å². The van der Waals surface area contributed by atoms with E-state index in [9.17, 15) is 4.79 Å². The fourth-order valence-corrected chi connectivity index (χ4v) is 5.67. The van der Waals surface area contributed by atoms with Crippen LogP contribution in [0.2, 0.25) is 10.0 Å². The number of thioether (sulfide) groups is 1. The van der Waals surface area contributed by atoms with E-state index in [2.05, 4.69) is 59.1 Å². The molecule has 0 spiro atoms. The maximum atomic E-state index is 12.2. The topological polar surface area (TPSA) is 26.8 Å². The Balaban J connectivity index is 1.64.